The Labute approximate surface area is 157 Å². The Balaban J connectivity index is 1.85. The number of carbonyl (C=O) groups is 1. The standard InChI is InChI=1S/C18H15N5O5/c1-21-16-14(17(25)22(2)18(21)26)9-12(10-19-16)20-15(24)7-6-11-4-3-5-13(8-11)23(27)28/h3-10H,1-2H3,(H,20,24)/b7-6+. The van der Waals surface area contributed by atoms with Crippen molar-refractivity contribution in [2.45, 2.75) is 0 Å². The molecule has 0 bridgehead atoms. The number of hydrogen-bond donors (Lipinski definition) is 1. The molecule has 10 nitrogen and oxygen atoms in total. The quantitative estimate of drug-likeness (QED) is 0.411. The minimum Gasteiger partial charge on any atom is -0.321 e. The van der Waals surface area contributed by atoms with Crippen LogP contribution in [-0.4, -0.2) is 24.9 Å². The second kappa shape index (κ2) is 7.27. The van der Waals surface area contributed by atoms with E-state index in [1.807, 2.05) is 0 Å². The molecule has 3 rings (SSSR count). The number of carbonyl (C=O) groups excluding carboxylic acids is 1. The van der Waals surface area contributed by atoms with Crippen molar-refractivity contribution >= 4 is 34.4 Å². The van der Waals surface area contributed by atoms with Gasteiger partial charge < -0.3 is 5.32 Å². The van der Waals surface area contributed by atoms with E-state index in [-0.39, 0.29) is 22.4 Å². The fraction of sp³-hybridized carbons (Fsp3) is 0.111. The highest BCUT2D eigenvalue weighted by molar-refractivity contribution is 6.02. The maximum absolute atomic E-state index is 12.3. The lowest BCUT2D eigenvalue weighted by atomic mass is 10.2. The average molecular weight is 381 g/mol. The van der Waals surface area contributed by atoms with Crippen molar-refractivity contribution in [3.05, 3.63) is 79.1 Å². The first-order chi connectivity index (χ1) is 13.3. The van der Waals surface area contributed by atoms with Gasteiger partial charge in [-0.15, -0.1) is 0 Å². The molecule has 0 saturated carbocycles. The predicted molar refractivity (Wildman–Crippen MR) is 103 cm³/mol. The third kappa shape index (κ3) is 3.56. The molecular formula is C18H15N5O5. The summed E-state index contributed by atoms with van der Waals surface area (Å²) in [5.74, 6) is -0.505. The van der Waals surface area contributed by atoms with Crippen molar-refractivity contribution in [2.24, 2.45) is 14.1 Å². The van der Waals surface area contributed by atoms with E-state index in [9.17, 15) is 24.5 Å². The second-order valence-electron chi connectivity index (χ2n) is 5.98. The summed E-state index contributed by atoms with van der Waals surface area (Å²) >= 11 is 0. The van der Waals surface area contributed by atoms with Crippen molar-refractivity contribution < 1.29 is 9.72 Å². The maximum Gasteiger partial charge on any atom is 0.332 e. The van der Waals surface area contributed by atoms with E-state index < -0.39 is 22.1 Å². The lowest BCUT2D eigenvalue weighted by Crippen LogP contribution is -2.37. The molecule has 0 fully saturated rings. The Morgan fingerprint density at radius 3 is 2.68 bits per heavy atom. The molecule has 0 saturated heterocycles. The zero-order valence-electron chi connectivity index (χ0n) is 14.9. The number of nitro groups is 1. The molecule has 0 radical (unpaired) electrons. The van der Waals surface area contributed by atoms with Crippen LogP contribution in [0.15, 0.2) is 52.2 Å². The number of nitrogens with one attached hydrogen (secondary N) is 1. The summed E-state index contributed by atoms with van der Waals surface area (Å²) in [6.45, 7) is 0. The normalized spacial score (nSPS) is 11.1. The van der Waals surface area contributed by atoms with Crippen LogP contribution in [0.5, 0.6) is 0 Å². The summed E-state index contributed by atoms with van der Waals surface area (Å²) in [7, 11) is 2.86. The molecule has 0 spiro atoms. The largest absolute Gasteiger partial charge is 0.332 e. The minimum absolute atomic E-state index is 0.0808. The van der Waals surface area contributed by atoms with Gasteiger partial charge in [-0.2, -0.15) is 0 Å². The number of pyridine rings is 1. The Morgan fingerprint density at radius 2 is 1.96 bits per heavy atom. The molecule has 0 aliphatic rings. The molecule has 28 heavy (non-hydrogen) atoms. The number of fused-ring (bicyclic) bond motifs is 1. The van der Waals surface area contributed by atoms with Gasteiger partial charge in [0.25, 0.3) is 11.2 Å². The number of hydrogen-bond acceptors (Lipinski definition) is 6. The van der Waals surface area contributed by atoms with Gasteiger partial charge in [-0.1, -0.05) is 12.1 Å². The Hall–Kier alpha value is -4.08. The van der Waals surface area contributed by atoms with Gasteiger partial charge in [0.05, 0.1) is 22.2 Å². The zero-order valence-corrected chi connectivity index (χ0v) is 14.9. The molecule has 2 heterocycles. The Kier molecular flexibility index (Phi) is 4.86. The van der Waals surface area contributed by atoms with Crippen molar-refractivity contribution in [1.29, 1.82) is 0 Å². The van der Waals surface area contributed by atoms with Crippen LogP contribution in [0.3, 0.4) is 0 Å². The number of nitrogens with zero attached hydrogens (tertiary/aromatic N) is 4. The highest BCUT2D eigenvalue weighted by Gasteiger charge is 2.11. The average Bonchev–Trinajstić information content (AvgIpc) is 2.69. The SMILES string of the molecule is Cn1c(=O)c2cc(NC(=O)/C=C/c3cccc([N+](=O)[O-])c3)cnc2n(C)c1=O. The van der Waals surface area contributed by atoms with Crippen LogP contribution in [0.1, 0.15) is 5.56 Å². The summed E-state index contributed by atoms with van der Waals surface area (Å²) in [6.07, 6.45) is 3.97. The first kappa shape index (κ1) is 18.7. The third-order valence-corrected chi connectivity index (χ3v) is 4.07. The van der Waals surface area contributed by atoms with Crippen molar-refractivity contribution in [2.75, 3.05) is 5.32 Å². The summed E-state index contributed by atoms with van der Waals surface area (Å²) in [6, 6.07) is 7.27. The van der Waals surface area contributed by atoms with E-state index >= 15 is 0 Å². The first-order valence-electron chi connectivity index (χ1n) is 8.07. The van der Waals surface area contributed by atoms with E-state index in [0.29, 0.717) is 5.56 Å². The van der Waals surface area contributed by atoms with Crippen LogP contribution in [0.2, 0.25) is 0 Å². The van der Waals surface area contributed by atoms with E-state index in [1.165, 1.54) is 61.3 Å². The van der Waals surface area contributed by atoms with Gasteiger partial charge in [-0.3, -0.25) is 28.8 Å². The molecule has 1 amide bonds. The molecule has 1 aromatic carbocycles. The van der Waals surface area contributed by atoms with Crippen molar-refractivity contribution in [3.63, 3.8) is 0 Å². The Bertz CT molecular complexity index is 1260. The highest BCUT2D eigenvalue weighted by atomic mass is 16.6. The first-order valence-corrected chi connectivity index (χ1v) is 8.07. The fourth-order valence-corrected chi connectivity index (χ4v) is 2.63. The topological polar surface area (TPSA) is 129 Å². The molecule has 3 aromatic rings. The Morgan fingerprint density at radius 1 is 1.21 bits per heavy atom. The van der Waals surface area contributed by atoms with E-state index in [0.717, 1.165) is 4.57 Å². The number of aromatic nitrogens is 3. The number of anilines is 1. The van der Waals surface area contributed by atoms with Gasteiger partial charge in [0.1, 0.15) is 5.65 Å². The van der Waals surface area contributed by atoms with Crippen LogP contribution in [0.4, 0.5) is 11.4 Å². The molecule has 10 heteroatoms. The zero-order chi connectivity index (χ0) is 20.4. The number of aryl methyl sites for hydroxylation is 1. The molecule has 2 aromatic heterocycles. The van der Waals surface area contributed by atoms with Gasteiger partial charge in [0.15, 0.2) is 0 Å². The molecule has 1 N–H and O–H groups in total. The highest BCUT2D eigenvalue weighted by Crippen LogP contribution is 2.15. The van der Waals surface area contributed by atoms with Crippen LogP contribution in [-0.2, 0) is 18.9 Å². The van der Waals surface area contributed by atoms with E-state index in [4.69, 9.17) is 0 Å². The predicted octanol–water partition coefficient (Wildman–Crippen LogP) is 1.19. The van der Waals surface area contributed by atoms with E-state index in [2.05, 4.69) is 10.3 Å². The van der Waals surface area contributed by atoms with Crippen LogP contribution in [0, 0.1) is 10.1 Å². The molecule has 0 atom stereocenters. The fourth-order valence-electron chi connectivity index (χ4n) is 2.63. The number of rotatable bonds is 4. The van der Waals surface area contributed by atoms with Crippen LogP contribution in [0.25, 0.3) is 17.1 Å². The third-order valence-electron chi connectivity index (χ3n) is 4.07. The van der Waals surface area contributed by atoms with Gasteiger partial charge >= 0.3 is 5.69 Å². The number of non-ortho nitro benzene ring substituents is 1. The van der Waals surface area contributed by atoms with Gasteiger partial charge in [-0.05, 0) is 17.7 Å². The second-order valence-corrected chi connectivity index (χ2v) is 5.98. The smallest absolute Gasteiger partial charge is 0.321 e. The van der Waals surface area contributed by atoms with E-state index in [1.54, 1.807) is 6.07 Å². The van der Waals surface area contributed by atoms with Crippen molar-refractivity contribution in [1.82, 2.24) is 14.1 Å². The lowest BCUT2D eigenvalue weighted by Gasteiger charge is -2.08. The molecule has 142 valence electrons. The molecule has 0 aliphatic heterocycles. The van der Waals surface area contributed by atoms with Gasteiger partial charge in [0, 0.05) is 32.3 Å². The van der Waals surface area contributed by atoms with Gasteiger partial charge in [0.2, 0.25) is 5.91 Å². The molecule has 0 aliphatic carbocycles. The monoisotopic (exact) mass is 381 g/mol. The summed E-state index contributed by atoms with van der Waals surface area (Å²) < 4.78 is 2.20. The number of nitro benzene ring substituents is 1. The van der Waals surface area contributed by atoms with Crippen LogP contribution >= 0.6 is 0 Å². The number of benzene rings is 1. The van der Waals surface area contributed by atoms with Crippen molar-refractivity contribution in [3.8, 4) is 0 Å². The minimum atomic E-state index is -0.522. The molecule has 0 unspecified atom stereocenters. The summed E-state index contributed by atoms with van der Waals surface area (Å²) in [4.78, 5) is 50.6. The van der Waals surface area contributed by atoms with Crippen LogP contribution < -0.4 is 16.6 Å². The lowest BCUT2D eigenvalue weighted by molar-refractivity contribution is -0.384. The van der Waals surface area contributed by atoms with Gasteiger partial charge in [-0.25, -0.2) is 9.78 Å². The summed E-state index contributed by atoms with van der Waals surface area (Å²) in [5, 5.41) is 13.5. The summed E-state index contributed by atoms with van der Waals surface area (Å²) in [5.41, 5.74) is -0.127. The number of amides is 1. The molecular weight excluding hydrogens is 366 g/mol. The maximum atomic E-state index is 12.3.